The minimum Gasteiger partial charge on any atom is -0.454 e. The van der Waals surface area contributed by atoms with E-state index in [2.05, 4.69) is 37.2 Å². The number of ether oxygens (including phenoxy) is 2. The third-order valence-corrected chi connectivity index (χ3v) is 4.29. The summed E-state index contributed by atoms with van der Waals surface area (Å²) in [5.74, 6) is 1.20. The summed E-state index contributed by atoms with van der Waals surface area (Å²) in [7, 11) is 0. The van der Waals surface area contributed by atoms with Gasteiger partial charge in [0.2, 0.25) is 6.79 Å². The number of nitrogens with one attached hydrogen (secondary N) is 1. The molecular weight excluding hydrogens is 393 g/mol. The van der Waals surface area contributed by atoms with E-state index in [1.807, 2.05) is 12.1 Å². The minimum atomic E-state index is -0.278. The van der Waals surface area contributed by atoms with Crippen molar-refractivity contribution < 1.29 is 13.9 Å². The van der Waals surface area contributed by atoms with Crippen LogP contribution in [0.5, 0.6) is 11.5 Å². The zero-order valence-corrected chi connectivity index (χ0v) is 13.4. The third kappa shape index (κ3) is 2.76. The molecule has 104 valence electrons. The molecule has 0 saturated carbocycles. The van der Waals surface area contributed by atoms with E-state index >= 15 is 0 Å². The Morgan fingerprint density at radius 3 is 2.55 bits per heavy atom. The molecule has 2 aromatic rings. The van der Waals surface area contributed by atoms with Crippen molar-refractivity contribution in [2.24, 2.45) is 0 Å². The van der Waals surface area contributed by atoms with E-state index in [1.165, 1.54) is 6.07 Å². The maximum Gasteiger partial charge on any atom is 0.231 e. The molecule has 0 saturated heterocycles. The number of benzene rings is 2. The van der Waals surface area contributed by atoms with Crippen molar-refractivity contribution in [3.05, 3.63) is 50.7 Å². The lowest BCUT2D eigenvalue weighted by Crippen LogP contribution is -2.00. The predicted octanol–water partition coefficient (Wildman–Crippen LogP) is 4.69. The second kappa shape index (κ2) is 5.61. The van der Waals surface area contributed by atoms with Crippen LogP contribution in [0.15, 0.2) is 39.3 Å². The molecular formula is C14H10Br2FNO2. The Balaban J connectivity index is 1.76. The molecule has 0 bridgehead atoms. The maximum absolute atomic E-state index is 13.2. The first-order valence-electron chi connectivity index (χ1n) is 5.90. The summed E-state index contributed by atoms with van der Waals surface area (Å²) in [4.78, 5) is 0. The highest BCUT2D eigenvalue weighted by Crippen LogP contribution is 2.37. The highest BCUT2D eigenvalue weighted by atomic mass is 79.9. The van der Waals surface area contributed by atoms with Gasteiger partial charge in [0, 0.05) is 16.7 Å². The van der Waals surface area contributed by atoms with Gasteiger partial charge in [0.05, 0.1) is 4.47 Å². The van der Waals surface area contributed by atoms with Crippen LogP contribution < -0.4 is 14.8 Å². The predicted molar refractivity (Wildman–Crippen MR) is 81.7 cm³/mol. The quantitative estimate of drug-likeness (QED) is 0.807. The standard InChI is InChI=1S/C14H10Br2FNO2/c15-10-5-14-13(19-7-20-14)3-8(10)6-18-9-1-2-12(17)11(16)4-9/h1-5,18H,6-7H2. The van der Waals surface area contributed by atoms with Gasteiger partial charge in [0.25, 0.3) is 0 Å². The van der Waals surface area contributed by atoms with E-state index in [0.717, 1.165) is 27.2 Å². The van der Waals surface area contributed by atoms with Gasteiger partial charge >= 0.3 is 0 Å². The molecule has 0 radical (unpaired) electrons. The van der Waals surface area contributed by atoms with E-state index in [4.69, 9.17) is 9.47 Å². The van der Waals surface area contributed by atoms with Crippen LogP contribution in [0.25, 0.3) is 0 Å². The van der Waals surface area contributed by atoms with Gasteiger partial charge in [-0.25, -0.2) is 4.39 Å². The molecule has 0 aromatic heterocycles. The van der Waals surface area contributed by atoms with Crippen molar-refractivity contribution in [1.29, 1.82) is 0 Å². The molecule has 1 aliphatic heterocycles. The fourth-order valence-corrected chi connectivity index (χ4v) is 2.74. The van der Waals surface area contributed by atoms with Gasteiger partial charge in [-0.15, -0.1) is 0 Å². The lowest BCUT2D eigenvalue weighted by molar-refractivity contribution is 0.174. The number of anilines is 1. The Hall–Kier alpha value is -1.27. The average Bonchev–Trinajstić information content (AvgIpc) is 2.87. The van der Waals surface area contributed by atoms with Gasteiger partial charge in [0.15, 0.2) is 11.5 Å². The molecule has 0 unspecified atom stereocenters. The summed E-state index contributed by atoms with van der Waals surface area (Å²) in [6, 6.07) is 8.64. The van der Waals surface area contributed by atoms with Crippen molar-refractivity contribution in [3.8, 4) is 11.5 Å². The SMILES string of the molecule is Fc1ccc(NCc2cc3c(cc2Br)OCO3)cc1Br. The van der Waals surface area contributed by atoms with Crippen molar-refractivity contribution in [2.75, 3.05) is 12.1 Å². The van der Waals surface area contributed by atoms with Gasteiger partial charge in [0.1, 0.15) is 5.82 Å². The highest BCUT2D eigenvalue weighted by Gasteiger charge is 2.16. The summed E-state index contributed by atoms with van der Waals surface area (Å²) in [6.45, 7) is 0.846. The smallest absolute Gasteiger partial charge is 0.231 e. The van der Waals surface area contributed by atoms with E-state index in [1.54, 1.807) is 12.1 Å². The van der Waals surface area contributed by atoms with Gasteiger partial charge in [-0.05, 0) is 51.8 Å². The number of hydrogen-bond acceptors (Lipinski definition) is 3. The molecule has 0 atom stereocenters. The van der Waals surface area contributed by atoms with Crippen LogP contribution in [0.2, 0.25) is 0 Å². The Morgan fingerprint density at radius 1 is 1.05 bits per heavy atom. The summed E-state index contributed by atoms with van der Waals surface area (Å²) in [5.41, 5.74) is 1.87. The van der Waals surface area contributed by atoms with Crippen LogP contribution in [0.1, 0.15) is 5.56 Å². The Bertz CT molecular complexity index is 664. The van der Waals surface area contributed by atoms with Gasteiger partial charge in [-0.2, -0.15) is 0 Å². The van der Waals surface area contributed by atoms with Crippen LogP contribution in [0, 0.1) is 5.82 Å². The molecule has 3 nitrogen and oxygen atoms in total. The fraction of sp³-hybridized carbons (Fsp3) is 0.143. The van der Waals surface area contributed by atoms with E-state index in [-0.39, 0.29) is 12.6 Å². The van der Waals surface area contributed by atoms with E-state index in [9.17, 15) is 4.39 Å². The average molecular weight is 403 g/mol. The van der Waals surface area contributed by atoms with E-state index in [0.29, 0.717) is 11.0 Å². The van der Waals surface area contributed by atoms with Crippen LogP contribution in [0.3, 0.4) is 0 Å². The molecule has 1 heterocycles. The second-order valence-corrected chi connectivity index (χ2v) is 5.99. The lowest BCUT2D eigenvalue weighted by atomic mass is 10.2. The number of fused-ring (bicyclic) bond motifs is 1. The van der Waals surface area contributed by atoms with Crippen molar-refractivity contribution in [2.45, 2.75) is 6.54 Å². The highest BCUT2D eigenvalue weighted by molar-refractivity contribution is 9.10. The molecule has 3 rings (SSSR count). The zero-order chi connectivity index (χ0) is 14.1. The van der Waals surface area contributed by atoms with Crippen LogP contribution >= 0.6 is 31.9 Å². The first kappa shape index (κ1) is 13.7. The molecule has 1 aliphatic rings. The van der Waals surface area contributed by atoms with Crippen LogP contribution in [-0.2, 0) is 6.54 Å². The summed E-state index contributed by atoms with van der Waals surface area (Å²) in [5, 5.41) is 3.24. The van der Waals surface area contributed by atoms with E-state index < -0.39 is 0 Å². The first-order valence-corrected chi connectivity index (χ1v) is 7.49. The van der Waals surface area contributed by atoms with Gasteiger partial charge in [-0.3, -0.25) is 0 Å². The topological polar surface area (TPSA) is 30.5 Å². The Kier molecular flexibility index (Phi) is 3.85. The van der Waals surface area contributed by atoms with Gasteiger partial charge < -0.3 is 14.8 Å². The molecule has 0 spiro atoms. The van der Waals surface area contributed by atoms with Gasteiger partial charge in [-0.1, -0.05) is 15.9 Å². The maximum atomic E-state index is 13.2. The molecule has 0 fully saturated rings. The lowest BCUT2D eigenvalue weighted by Gasteiger charge is -2.10. The summed E-state index contributed by atoms with van der Waals surface area (Å²) >= 11 is 6.67. The molecule has 0 amide bonds. The number of hydrogen-bond donors (Lipinski definition) is 1. The number of halogens is 3. The molecule has 0 aliphatic carbocycles. The summed E-state index contributed by atoms with van der Waals surface area (Å²) < 4.78 is 25.2. The molecule has 6 heteroatoms. The Labute approximate surface area is 132 Å². The Morgan fingerprint density at radius 2 is 1.80 bits per heavy atom. The third-order valence-electron chi connectivity index (χ3n) is 2.94. The fourth-order valence-electron chi connectivity index (χ4n) is 1.90. The second-order valence-electron chi connectivity index (χ2n) is 4.28. The first-order chi connectivity index (χ1) is 9.63. The van der Waals surface area contributed by atoms with Crippen molar-refractivity contribution in [3.63, 3.8) is 0 Å². The number of rotatable bonds is 3. The molecule has 20 heavy (non-hydrogen) atoms. The van der Waals surface area contributed by atoms with Crippen molar-refractivity contribution in [1.82, 2.24) is 0 Å². The van der Waals surface area contributed by atoms with Crippen molar-refractivity contribution >= 4 is 37.5 Å². The van der Waals surface area contributed by atoms with Crippen LogP contribution in [0.4, 0.5) is 10.1 Å². The molecule has 1 N–H and O–H groups in total. The zero-order valence-electron chi connectivity index (χ0n) is 10.3. The minimum absolute atomic E-state index is 0.254. The normalized spacial score (nSPS) is 12.6. The molecule has 2 aromatic carbocycles. The largest absolute Gasteiger partial charge is 0.454 e. The monoisotopic (exact) mass is 401 g/mol. The summed E-state index contributed by atoms with van der Waals surface area (Å²) in [6.07, 6.45) is 0. The van der Waals surface area contributed by atoms with Crippen LogP contribution in [-0.4, -0.2) is 6.79 Å².